The molecule has 1 N–H and O–H groups in total. The second kappa shape index (κ2) is 7.69. The quantitative estimate of drug-likeness (QED) is 0.884. The summed E-state index contributed by atoms with van der Waals surface area (Å²) in [5.74, 6) is 1.34. The highest BCUT2D eigenvalue weighted by Crippen LogP contribution is 2.16. The van der Waals surface area contributed by atoms with Crippen molar-refractivity contribution in [1.29, 1.82) is 0 Å². The van der Waals surface area contributed by atoms with Crippen LogP contribution >= 0.6 is 11.8 Å². The normalized spacial score (nSPS) is 10.2. The summed E-state index contributed by atoms with van der Waals surface area (Å²) in [6.07, 6.45) is 0. The van der Waals surface area contributed by atoms with Crippen molar-refractivity contribution in [3.8, 4) is 5.75 Å². The first kappa shape index (κ1) is 15.4. The molecule has 0 bridgehead atoms. The van der Waals surface area contributed by atoms with Crippen LogP contribution in [-0.4, -0.2) is 18.8 Å². The number of benzene rings is 2. The van der Waals surface area contributed by atoms with Crippen LogP contribution in [0.1, 0.15) is 5.56 Å². The van der Waals surface area contributed by atoms with Gasteiger partial charge in [-0.05, 0) is 42.0 Å². The smallest absolute Gasteiger partial charge is 0.234 e. The van der Waals surface area contributed by atoms with Crippen molar-refractivity contribution in [3.05, 3.63) is 59.9 Å². The maximum atomic E-state index is 13.0. The summed E-state index contributed by atoms with van der Waals surface area (Å²) in [7, 11) is 1.59. The van der Waals surface area contributed by atoms with Crippen molar-refractivity contribution in [2.45, 2.75) is 5.75 Å². The van der Waals surface area contributed by atoms with E-state index in [2.05, 4.69) is 5.32 Å². The number of hydrogen-bond acceptors (Lipinski definition) is 3. The fourth-order valence-electron chi connectivity index (χ4n) is 1.76. The summed E-state index contributed by atoms with van der Waals surface area (Å²) in [6.45, 7) is 0. The Morgan fingerprint density at radius 3 is 2.67 bits per heavy atom. The van der Waals surface area contributed by atoms with E-state index >= 15 is 0 Å². The van der Waals surface area contributed by atoms with Crippen LogP contribution in [0.3, 0.4) is 0 Å². The maximum absolute atomic E-state index is 13.0. The lowest BCUT2D eigenvalue weighted by Gasteiger charge is -2.06. The molecular weight excluding hydrogens is 289 g/mol. The summed E-state index contributed by atoms with van der Waals surface area (Å²) >= 11 is 1.45. The van der Waals surface area contributed by atoms with Gasteiger partial charge in [0.25, 0.3) is 0 Å². The molecule has 0 aromatic heterocycles. The molecule has 0 aliphatic carbocycles. The van der Waals surface area contributed by atoms with Crippen LogP contribution in [0.4, 0.5) is 10.1 Å². The SMILES string of the molecule is COc1ccc(NC(=O)CSCc2cccc(F)c2)cc1. The molecule has 0 saturated heterocycles. The highest BCUT2D eigenvalue weighted by atomic mass is 32.2. The van der Waals surface area contributed by atoms with Crippen molar-refractivity contribution in [2.75, 3.05) is 18.2 Å². The van der Waals surface area contributed by atoms with Gasteiger partial charge in [-0.2, -0.15) is 0 Å². The highest BCUT2D eigenvalue weighted by Gasteiger charge is 2.04. The van der Waals surface area contributed by atoms with Gasteiger partial charge in [0.05, 0.1) is 12.9 Å². The van der Waals surface area contributed by atoms with Crippen LogP contribution < -0.4 is 10.1 Å². The second-order valence-electron chi connectivity index (χ2n) is 4.40. The fraction of sp³-hybridized carbons (Fsp3) is 0.188. The van der Waals surface area contributed by atoms with E-state index in [-0.39, 0.29) is 11.7 Å². The second-order valence-corrected chi connectivity index (χ2v) is 5.38. The van der Waals surface area contributed by atoms with Gasteiger partial charge in [-0.25, -0.2) is 4.39 Å². The minimum absolute atomic E-state index is 0.0819. The van der Waals surface area contributed by atoms with E-state index in [1.807, 2.05) is 6.07 Å². The molecule has 0 spiro atoms. The summed E-state index contributed by atoms with van der Waals surface area (Å²) in [5.41, 5.74) is 1.60. The maximum Gasteiger partial charge on any atom is 0.234 e. The lowest BCUT2D eigenvalue weighted by molar-refractivity contribution is -0.113. The summed E-state index contributed by atoms with van der Waals surface area (Å²) in [5, 5.41) is 2.80. The number of halogens is 1. The van der Waals surface area contributed by atoms with E-state index in [0.717, 1.165) is 17.0 Å². The van der Waals surface area contributed by atoms with Crippen LogP contribution in [0, 0.1) is 5.82 Å². The predicted molar refractivity (Wildman–Crippen MR) is 84.2 cm³/mol. The van der Waals surface area contributed by atoms with Crippen LogP contribution in [0.25, 0.3) is 0 Å². The zero-order chi connectivity index (χ0) is 15.1. The lowest BCUT2D eigenvalue weighted by Crippen LogP contribution is -2.14. The van der Waals surface area contributed by atoms with Crippen LogP contribution in [0.5, 0.6) is 5.75 Å². The van der Waals surface area contributed by atoms with Crippen molar-refractivity contribution in [3.63, 3.8) is 0 Å². The largest absolute Gasteiger partial charge is 0.497 e. The van der Waals surface area contributed by atoms with Gasteiger partial charge < -0.3 is 10.1 Å². The Hall–Kier alpha value is -2.01. The zero-order valence-electron chi connectivity index (χ0n) is 11.6. The number of rotatable bonds is 6. The van der Waals surface area contributed by atoms with Crippen molar-refractivity contribution < 1.29 is 13.9 Å². The molecule has 0 atom stereocenters. The van der Waals surface area contributed by atoms with E-state index in [1.54, 1.807) is 37.4 Å². The number of carbonyl (C=O) groups is 1. The topological polar surface area (TPSA) is 38.3 Å². The minimum atomic E-state index is -0.254. The molecule has 21 heavy (non-hydrogen) atoms. The van der Waals surface area contributed by atoms with E-state index in [0.29, 0.717) is 11.5 Å². The number of anilines is 1. The standard InChI is InChI=1S/C16H16FNO2S/c1-20-15-7-5-14(6-8-15)18-16(19)11-21-10-12-3-2-4-13(17)9-12/h2-9H,10-11H2,1H3,(H,18,19). The zero-order valence-corrected chi connectivity index (χ0v) is 12.5. The molecule has 0 heterocycles. The summed E-state index contributed by atoms with van der Waals surface area (Å²) < 4.78 is 18.1. The first-order valence-electron chi connectivity index (χ1n) is 6.43. The molecule has 5 heteroatoms. The third kappa shape index (κ3) is 5.11. The molecule has 2 aromatic carbocycles. The summed E-state index contributed by atoms with van der Waals surface area (Å²) in [6, 6.07) is 13.5. The number of carbonyl (C=O) groups excluding carboxylic acids is 1. The van der Waals surface area contributed by atoms with Crippen molar-refractivity contribution in [2.24, 2.45) is 0 Å². The van der Waals surface area contributed by atoms with Gasteiger partial charge in [0, 0.05) is 11.4 Å². The Morgan fingerprint density at radius 2 is 2.00 bits per heavy atom. The molecule has 0 saturated carbocycles. The number of ether oxygens (including phenoxy) is 1. The van der Waals surface area contributed by atoms with Gasteiger partial charge in [-0.3, -0.25) is 4.79 Å². The molecule has 1 amide bonds. The third-order valence-electron chi connectivity index (χ3n) is 2.76. The van der Waals surface area contributed by atoms with E-state index in [1.165, 1.54) is 23.9 Å². The van der Waals surface area contributed by atoms with Crippen LogP contribution in [-0.2, 0) is 10.5 Å². The Bertz CT molecular complexity index is 601. The molecule has 0 aliphatic heterocycles. The number of amides is 1. The molecule has 0 radical (unpaired) electrons. The molecule has 2 aromatic rings. The van der Waals surface area contributed by atoms with E-state index in [9.17, 15) is 9.18 Å². The minimum Gasteiger partial charge on any atom is -0.497 e. The Balaban J connectivity index is 1.76. The molecule has 0 fully saturated rings. The van der Waals surface area contributed by atoms with E-state index < -0.39 is 0 Å². The Morgan fingerprint density at radius 1 is 1.24 bits per heavy atom. The van der Waals surface area contributed by atoms with Gasteiger partial charge in [-0.1, -0.05) is 12.1 Å². The number of nitrogens with one attached hydrogen (secondary N) is 1. The van der Waals surface area contributed by atoms with Crippen LogP contribution in [0.2, 0.25) is 0 Å². The van der Waals surface area contributed by atoms with Crippen LogP contribution in [0.15, 0.2) is 48.5 Å². The molecule has 3 nitrogen and oxygen atoms in total. The fourth-order valence-corrected chi connectivity index (χ4v) is 2.53. The molecule has 0 unspecified atom stereocenters. The Kier molecular flexibility index (Phi) is 5.63. The predicted octanol–water partition coefficient (Wildman–Crippen LogP) is 3.71. The van der Waals surface area contributed by atoms with Crippen molar-refractivity contribution in [1.82, 2.24) is 0 Å². The van der Waals surface area contributed by atoms with Gasteiger partial charge in [-0.15, -0.1) is 11.8 Å². The monoisotopic (exact) mass is 305 g/mol. The molecule has 110 valence electrons. The molecule has 0 aliphatic rings. The first-order chi connectivity index (χ1) is 10.2. The van der Waals surface area contributed by atoms with Gasteiger partial charge >= 0.3 is 0 Å². The Labute approximate surface area is 127 Å². The number of hydrogen-bond donors (Lipinski definition) is 1. The average molecular weight is 305 g/mol. The number of thioether (sulfide) groups is 1. The average Bonchev–Trinajstić information content (AvgIpc) is 2.48. The third-order valence-corrected chi connectivity index (χ3v) is 3.77. The van der Waals surface area contributed by atoms with Gasteiger partial charge in [0.2, 0.25) is 5.91 Å². The first-order valence-corrected chi connectivity index (χ1v) is 7.59. The summed E-state index contributed by atoms with van der Waals surface area (Å²) in [4.78, 5) is 11.8. The lowest BCUT2D eigenvalue weighted by atomic mass is 10.2. The molecular formula is C16H16FNO2S. The highest BCUT2D eigenvalue weighted by molar-refractivity contribution is 7.99. The molecule has 2 rings (SSSR count). The van der Waals surface area contributed by atoms with E-state index in [4.69, 9.17) is 4.74 Å². The van der Waals surface area contributed by atoms with Gasteiger partial charge in [0.15, 0.2) is 0 Å². The number of methoxy groups -OCH3 is 1. The van der Waals surface area contributed by atoms with Crippen molar-refractivity contribution >= 4 is 23.4 Å². The van der Waals surface area contributed by atoms with Gasteiger partial charge in [0.1, 0.15) is 11.6 Å².